The molecule has 0 spiro atoms. The molecule has 2 aromatic rings. The first kappa shape index (κ1) is 14.6. The Kier molecular flexibility index (Phi) is 3.85. The summed E-state index contributed by atoms with van der Waals surface area (Å²) in [6.45, 7) is 0. The average molecular weight is 314 g/mol. The van der Waals surface area contributed by atoms with Gasteiger partial charge in [-0.3, -0.25) is 4.79 Å². The van der Waals surface area contributed by atoms with E-state index in [1.54, 1.807) is 29.9 Å². The molecule has 20 heavy (non-hydrogen) atoms. The molecule has 0 bridgehead atoms. The minimum absolute atomic E-state index is 0.121. The molecule has 0 aliphatic rings. The molecule has 1 heterocycles. The third kappa shape index (κ3) is 3.01. The first-order valence-corrected chi connectivity index (χ1v) is 7.46. The highest BCUT2D eigenvalue weighted by molar-refractivity contribution is 7.89. The maximum absolute atomic E-state index is 12.0. The van der Waals surface area contributed by atoms with Gasteiger partial charge in [-0.25, -0.2) is 13.6 Å². The topological polar surface area (TPSA) is 94.2 Å². The highest BCUT2D eigenvalue weighted by atomic mass is 35.5. The molecule has 0 atom stereocenters. The lowest BCUT2D eigenvalue weighted by Crippen LogP contribution is -2.17. The Balaban J connectivity index is 2.34. The predicted molar refractivity (Wildman–Crippen MR) is 76.2 cm³/mol. The standard InChI is InChI=1S/C12H12ClN3O3S/c1-16-6-2-3-11(16)12(17)15-10-7-8(20(14,18)19)4-5-9(10)13/h2-7H,1H3,(H,15,17)(H2,14,18,19). The van der Waals surface area contributed by atoms with E-state index in [0.29, 0.717) is 5.69 Å². The van der Waals surface area contributed by atoms with E-state index < -0.39 is 15.9 Å². The molecular formula is C12H12ClN3O3S. The van der Waals surface area contributed by atoms with Crippen LogP contribution in [0.5, 0.6) is 0 Å². The Morgan fingerprint density at radius 3 is 2.60 bits per heavy atom. The summed E-state index contributed by atoms with van der Waals surface area (Å²) in [5, 5.41) is 7.81. The van der Waals surface area contributed by atoms with E-state index in [4.69, 9.17) is 16.7 Å². The van der Waals surface area contributed by atoms with Gasteiger partial charge >= 0.3 is 0 Å². The Morgan fingerprint density at radius 1 is 1.35 bits per heavy atom. The Labute approximate surface area is 121 Å². The van der Waals surface area contributed by atoms with Gasteiger partial charge in [-0.05, 0) is 30.3 Å². The molecule has 8 heteroatoms. The van der Waals surface area contributed by atoms with Crippen LogP contribution in [0.3, 0.4) is 0 Å². The summed E-state index contributed by atoms with van der Waals surface area (Å²) in [4.78, 5) is 11.9. The number of halogens is 1. The zero-order valence-electron chi connectivity index (χ0n) is 10.5. The third-order valence-electron chi connectivity index (χ3n) is 2.69. The molecule has 0 saturated carbocycles. The summed E-state index contributed by atoms with van der Waals surface area (Å²) in [6.07, 6.45) is 1.72. The number of sulfonamides is 1. The smallest absolute Gasteiger partial charge is 0.272 e. The number of nitrogens with one attached hydrogen (secondary N) is 1. The fourth-order valence-electron chi connectivity index (χ4n) is 1.66. The van der Waals surface area contributed by atoms with Crippen molar-refractivity contribution in [2.75, 3.05) is 5.32 Å². The second-order valence-corrected chi connectivity index (χ2v) is 6.11. The number of primary sulfonamides is 1. The first-order chi connectivity index (χ1) is 9.29. The van der Waals surface area contributed by atoms with Crippen LogP contribution in [0.1, 0.15) is 10.5 Å². The number of carbonyl (C=O) groups is 1. The first-order valence-electron chi connectivity index (χ1n) is 5.54. The van der Waals surface area contributed by atoms with E-state index in [9.17, 15) is 13.2 Å². The number of carbonyl (C=O) groups excluding carboxylic acids is 1. The molecule has 0 unspecified atom stereocenters. The monoisotopic (exact) mass is 313 g/mol. The number of hydrogen-bond donors (Lipinski definition) is 2. The van der Waals surface area contributed by atoms with Crippen molar-refractivity contribution in [2.24, 2.45) is 12.2 Å². The fourth-order valence-corrected chi connectivity index (χ4v) is 2.37. The largest absolute Gasteiger partial charge is 0.347 e. The van der Waals surface area contributed by atoms with E-state index in [2.05, 4.69) is 5.32 Å². The normalized spacial score (nSPS) is 11.3. The minimum Gasteiger partial charge on any atom is -0.347 e. The van der Waals surface area contributed by atoms with Crippen molar-refractivity contribution >= 4 is 33.2 Å². The minimum atomic E-state index is -3.85. The highest BCUT2D eigenvalue weighted by Gasteiger charge is 2.14. The van der Waals surface area contributed by atoms with E-state index in [1.165, 1.54) is 18.2 Å². The van der Waals surface area contributed by atoms with E-state index in [1.807, 2.05) is 0 Å². The van der Waals surface area contributed by atoms with Gasteiger partial charge in [-0.2, -0.15) is 0 Å². The van der Waals surface area contributed by atoms with E-state index in [0.717, 1.165) is 0 Å². The molecule has 0 aliphatic heterocycles. The van der Waals surface area contributed by atoms with Crippen LogP contribution in [-0.4, -0.2) is 18.9 Å². The summed E-state index contributed by atoms with van der Waals surface area (Å²) < 4.78 is 24.2. The number of aryl methyl sites for hydroxylation is 1. The Bertz CT molecular complexity index is 768. The van der Waals surface area contributed by atoms with Crippen molar-refractivity contribution in [1.82, 2.24) is 4.57 Å². The molecule has 0 radical (unpaired) electrons. The number of amides is 1. The van der Waals surface area contributed by atoms with Gasteiger partial charge in [0.05, 0.1) is 15.6 Å². The van der Waals surface area contributed by atoms with Crippen molar-refractivity contribution in [3.8, 4) is 0 Å². The van der Waals surface area contributed by atoms with Crippen LogP contribution in [-0.2, 0) is 17.1 Å². The molecule has 0 aliphatic carbocycles. The van der Waals surface area contributed by atoms with Crippen LogP contribution in [0.25, 0.3) is 0 Å². The quantitative estimate of drug-likeness (QED) is 0.900. The molecule has 1 aromatic heterocycles. The summed E-state index contributed by atoms with van der Waals surface area (Å²) in [5.74, 6) is -0.397. The van der Waals surface area contributed by atoms with Crippen molar-refractivity contribution in [3.63, 3.8) is 0 Å². The molecule has 6 nitrogen and oxygen atoms in total. The van der Waals surface area contributed by atoms with Crippen molar-refractivity contribution in [3.05, 3.63) is 47.2 Å². The molecule has 106 valence electrons. The summed E-state index contributed by atoms with van der Waals surface area (Å²) in [5.41, 5.74) is 0.603. The zero-order chi connectivity index (χ0) is 14.9. The van der Waals surface area contributed by atoms with Crippen molar-refractivity contribution < 1.29 is 13.2 Å². The molecule has 0 fully saturated rings. The van der Waals surface area contributed by atoms with Gasteiger partial charge in [0.2, 0.25) is 10.0 Å². The van der Waals surface area contributed by atoms with Crippen molar-refractivity contribution in [1.29, 1.82) is 0 Å². The van der Waals surface area contributed by atoms with Gasteiger partial charge in [-0.1, -0.05) is 11.6 Å². The second-order valence-electron chi connectivity index (χ2n) is 4.15. The third-order valence-corrected chi connectivity index (χ3v) is 3.93. The number of rotatable bonds is 3. The SMILES string of the molecule is Cn1cccc1C(=O)Nc1cc(S(N)(=O)=O)ccc1Cl. The lowest BCUT2D eigenvalue weighted by Gasteiger charge is -2.09. The van der Waals surface area contributed by atoms with Crippen LogP contribution in [0.15, 0.2) is 41.4 Å². The van der Waals surface area contributed by atoms with Crippen LogP contribution in [0.4, 0.5) is 5.69 Å². The fraction of sp³-hybridized carbons (Fsp3) is 0.0833. The second kappa shape index (κ2) is 5.28. The summed E-state index contributed by atoms with van der Waals surface area (Å²) >= 11 is 5.93. The van der Waals surface area contributed by atoms with Crippen molar-refractivity contribution in [2.45, 2.75) is 4.90 Å². The predicted octanol–water partition coefficient (Wildman–Crippen LogP) is 1.58. The van der Waals surface area contributed by atoms with E-state index in [-0.39, 0.29) is 15.6 Å². The van der Waals surface area contributed by atoms with Gasteiger partial charge in [0, 0.05) is 13.2 Å². The highest BCUT2D eigenvalue weighted by Crippen LogP contribution is 2.25. The summed E-state index contributed by atoms with van der Waals surface area (Å²) in [7, 11) is -2.14. The van der Waals surface area contributed by atoms with Crippen LogP contribution < -0.4 is 10.5 Å². The molecular weight excluding hydrogens is 302 g/mol. The molecule has 2 rings (SSSR count). The maximum atomic E-state index is 12.0. The van der Waals surface area contributed by atoms with Crippen LogP contribution in [0.2, 0.25) is 5.02 Å². The van der Waals surface area contributed by atoms with E-state index >= 15 is 0 Å². The number of anilines is 1. The van der Waals surface area contributed by atoms with Gasteiger partial charge in [0.1, 0.15) is 5.69 Å². The zero-order valence-corrected chi connectivity index (χ0v) is 12.1. The van der Waals surface area contributed by atoms with Gasteiger partial charge in [-0.15, -0.1) is 0 Å². The number of benzene rings is 1. The Morgan fingerprint density at radius 2 is 2.05 bits per heavy atom. The van der Waals surface area contributed by atoms with Crippen LogP contribution >= 0.6 is 11.6 Å². The Hall–Kier alpha value is -1.83. The summed E-state index contributed by atoms with van der Waals surface area (Å²) in [6, 6.07) is 7.21. The lowest BCUT2D eigenvalue weighted by molar-refractivity contribution is 0.101. The number of aromatic nitrogens is 1. The average Bonchev–Trinajstić information content (AvgIpc) is 2.77. The molecule has 0 saturated heterocycles. The number of nitrogens with two attached hydrogens (primary N) is 1. The molecule has 1 aromatic carbocycles. The maximum Gasteiger partial charge on any atom is 0.272 e. The molecule has 3 N–H and O–H groups in total. The number of nitrogens with zero attached hydrogens (tertiary/aromatic N) is 1. The lowest BCUT2D eigenvalue weighted by atomic mass is 10.3. The van der Waals surface area contributed by atoms with Gasteiger partial charge in [0.15, 0.2) is 0 Å². The molecule has 1 amide bonds. The number of hydrogen-bond acceptors (Lipinski definition) is 3. The van der Waals surface area contributed by atoms with Crippen LogP contribution in [0, 0.1) is 0 Å². The van der Waals surface area contributed by atoms with Gasteiger partial charge in [0.25, 0.3) is 5.91 Å². The van der Waals surface area contributed by atoms with Gasteiger partial charge < -0.3 is 9.88 Å².